The minimum atomic E-state index is -1.52. The molecule has 0 amide bonds. The van der Waals surface area contributed by atoms with Gasteiger partial charge in [0.25, 0.3) is 0 Å². The van der Waals surface area contributed by atoms with Crippen LogP contribution < -0.4 is 0 Å². The average molecular weight is 373 g/mol. The average Bonchev–Trinajstić information content (AvgIpc) is 2.58. The molecule has 25 heavy (non-hydrogen) atoms. The molecule has 1 aliphatic rings. The molecule has 1 aliphatic carbocycles. The Kier molecular flexibility index (Phi) is 7.71. The zero-order chi connectivity index (χ0) is 18.4. The van der Waals surface area contributed by atoms with E-state index in [1.807, 2.05) is 0 Å². The number of hydrogen-bond acceptors (Lipinski definition) is 1. The summed E-state index contributed by atoms with van der Waals surface area (Å²) in [5.41, 5.74) is 3.54. The van der Waals surface area contributed by atoms with Crippen LogP contribution in [0.2, 0.25) is 16.6 Å². The van der Waals surface area contributed by atoms with Crippen molar-refractivity contribution in [2.24, 2.45) is 5.92 Å². The number of benzene rings is 1. The minimum absolute atomic E-state index is 0.620. The Balaban J connectivity index is 2.31. The summed E-state index contributed by atoms with van der Waals surface area (Å²) >= 11 is 2.21. The van der Waals surface area contributed by atoms with Crippen molar-refractivity contribution in [2.75, 3.05) is 0 Å². The maximum absolute atomic E-state index is 3.60. The lowest BCUT2D eigenvalue weighted by molar-refractivity contribution is 0.430. The van der Waals surface area contributed by atoms with Crippen LogP contribution in [0.25, 0.3) is 0 Å². The van der Waals surface area contributed by atoms with Gasteiger partial charge in [-0.05, 0) is 41.6 Å². The molecular weight excluding hydrogens is 336 g/mol. The van der Waals surface area contributed by atoms with E-state index < -0.39 is 7.22 Å². The van der Waals surface area contributed by atoms with Crippen LogP contribution in [0.1, 0.15) is 79.2 Å². The third kappa shape index (κ3) is 4.95. The summed E-state index contributed by atoms with van der Waals surface area (Å²) in [4.78, 5) is 1.42. The van der Waals surface area contributed by atoms with Crippen molar-refractivity contribution in [1.82, 2.24) is 0 Å². The Labute approximate surface area is 161 Å². The summed E-state index contributed by atoms with van der Waals surface area (Å²) in [5, 5.41) is 0. The Morgan fingerprint density at radius 1 is 0.880 bits per heavy atom. The summed E-state index contributed by atoms with van der Waals surface area (Å²) in [6.07, 6.45) is 6.71. The lowest BCUT2D eigenvalue weighted by Gasteiger charge is -2.42. The summed E-state index contributed by atoms with van der Waals surface area (Å²) in [5.74, 6) is 7.80. The number of rotatable bonds is 5. The predicted molar refractivity (Wildman–Crippen MR) is 117 cm³/mol. The van der Waals surface area contributed by atoms with E-state index in [9.17, 15) is 0 Å². The second-order valence-corrected chi connectivity index (χ2v) is 17.1. The molecule has 1 fully saturated rings. The molecule has 0 heterocycles. The Morgan fingerprint density at radius 3 is 2.00 bits per heavy atom. The second-order valence-electron chi connectivity index (χ2n) is 8.52. The van der Waals surface area contributed by atoms with Crippen LogP contribution in [-0.2, 0) is 0 Å². The highest BCUT2D eigenvalue weighted by atomic mass is 32.4. The van der Waals surface area contributed by atoms with E-state index >= 15 is 0 Å². The summed E-state index contributed by atoms with van der Waals surface area (Å²) in [6.45, 7) is 14.6. The van der Waals surface area contributed by atoms with Gasteiger partial charge in [-0.25, -0.2) is 0 Å². The van der Waals surface area contributed by atoms with Crippen LogP contribution in [0.3, 0.4) is 0 Å². The molecule has 0 nitrogen and oxygen atoms in total. The van der Waals surface area contributed by atoms with Gasteiger partial charge < -0.3 is 0 Å². The van der Waals surface area contributed by atoms with Gasteiger partial charge in [0.05, 0.1) is 0 Å². The molecule has 1 aromatic carbocycles. The van der Waals surface area contributed by atoms with Gasteiger partial charge in [-0.1, -0.05) is 84.8 Å². The third-order valence-electron chi connectivity index (χ3n) is 5.90. The fraction of sp³-hybridized carbons (Fsp3) is 0.652. The molecule has 1 aromatic rings. The zero-order valence-electron chi connectivity index (χ0n) is 17.1. The zero-order valence-corrected chi connectivity index (χ0v) is 18.9. The SMILES string of the molecule is CC(C)[Si](Sc1ccccc1C#CC1CCCCC1)(C(C)C)C(C)C. The van der Waals surface area contributed by atoms with Crippen molar-refractivity contribution in [1.29, 1.82) is 0 Å². The molecule has 0 N–H and O–H groups in total. The molecule has 0 bridgehead atoms. The Hall–Kier alpha value is -0.653. The Bertz CT molecular complexity index is 578. The lowest BCUT2D eigenvalue weighted by Crippen LogP contribution is -2.41. The van der Waals surface area contributed by atoms with Gasteiger partial charge in [0.1, 0.15) is 7.22 Å². The van der Waals surface area contributed by atoms with E-state index in [1.54, 1.807) is 0 Å². The van der Waals surface area contributed by atoms with Gasteiger partial charge in [-0.2, -0.15) is 0 Å². The first-order valence-corrected chi connectivity index (χ1v) is 13.9. The third-order valence-corrected chi connectivity index (χ3v) is 18.2. The van der Waals surface area contributed by atoms with Crippen molar-refractivity contribution < 1.29 is 0 Å². The van der Waals surface area contributed by atoms with Crippen LogP contribution in [-0.4, -0.2) is 7.22 Å². The highest BCUT2D eigenvalue weighted by molar-refractivity contribution is 8.29. The van der Waals surface area contributed by atoms with Crippen LogP contribution in [0.15, 0.2) is 29.2 Å². The largest absolute Gasteiger partial charge is 0.149 e. The molecule has 1 saturated carbocycles. The van der Waals surface area contributed by atoms with Gasteiger partial charge in [-0.3, -0.25) is 0 Å². The van der Waals surface area contributed by atoms with Gasteiger partial charge in [-0.15, -0.1) is 11.2 Å². The molecule has 0 aromatic heterocycles. The fourth-order valence-corrected chi connectivity index (χ4v) is 13.9. The molecule has 2 heteroatoms. The maximum atomic E-state index is 3.60. The van der Waals surface area contributed by atoms with Crippen molar-refractivity contribution >= 4 is 18.4 Å². The van der Waals surface area contributed by atoms with Crippen molar-refractivity contribution in [3.63, 3.8) is 0 Å². The minimum Gasteiger partial charge on any atom is -0.149 e. The topological polar surface area (TPSA) is 0 Å². The fourth-order valence-electron chi connectivity index (χ4n) is 4.63. The first-order valence-electron chi connectivity index (χ1n) is 10.2. The molecule has 2 rings (SSSR count). The molecule has 138 valence electrons. The van der Waals surface area contributed by atoms with E-state index in [0.717, 1.165) is 16.6 Å². The number of hydrogen-bond donors (Lipinski definition) is 0. The van der Waals surface area contributed by atoms with Crippen molar-refractivity contribution in [3.05, 3.63) is 29.8 Å². The van der Waals surface area contributed by atoms with Gasteiger partial charge >= 0.3 is 0 Å². The van der Waals surface area contributed by atoms with Gasteiger partial charge in [0, 0.05) is 16.4 Å². The van der Waals surface area contributed by atoms with Crippen LogP contribution in [0.4, 0.5) is 0 Å². The van der Waals surface area contributed by atoms with Gasteiger partial charge in [0.2, 0.25) is 0 Å². The molecule has 0 atom stereocenters. The quantitative estimate of drug-likeness (QED) is 0.374. The molecule has 0 spiro atoms. The van der Waals surface area contributed by atoms with E-state index in [4.69, 9.17) is 0 Å². The monoisotopic (exact) mass is 372 g/mol. The first kappa shape index (κ1) is 20.7. The van der Waals surface area contributed by atoms with E-state index in [2.05, 4.69) is 88.9 Å². The van der Waals surface area contributed by atoms with Crippen LogP contribution in [0, 0.1) is 17.8 Å². The predicted octanol–water partition coefficient (Wildman–Crippen LogP) is 7.89. The standard InChI is InChI=1S/C23H36SSi/c1-18(2)25(19(3)4,20(5)6)24-23-15-11-10-14-22(23)17-16-21-12-8-7-9-13-21/h10-11,14-15,18-21H,7-9,12-13H2,1-6H3. The van der Waals surface area contributed by atoms with E-state index in [1.165, 1.54) is 42.6 Å². The molecule has 0 saturated heterocycles. The van der Waals surface area contributed by atoms with E-state index in [0.29, 0.717) is 5.92 Å². The highest BCUT2D eigenvalue weighted by Gasteiger charge is 2.44. The molecule has 0 radical (unpaired) electrons. The smallest absolute Gasteiger partial charge is 0.131 e. The summed E-state index contributed by atoms with van der Waals surface area (Å²) in [7, 11) is -1.52. The molecule has 0 aliphatic heterocycles. The molecule has 0 unspecified atom stereocenters. The van der Waals surface area contributed by atoms with Crippen molar-refractivity contribution in [2.45, 2.75) is 95.2 Å². The maximum Gasteiger partial charge on any atom is 0.131 e. The molecular formula is C23H36SSi. The van der Waals surface area contributed by atoms with E-state index in [-0.39, 0.29) is 0 Å². The summed E-state index contributed by atoms with van der Waals surface area (Å²) < 4.78 is 0. The summed E-state index contributed by atoms with van der Waals surface area (Å²) in [6, 6.07) is 8.88. The normalized spacial score (nSPS) is 16.4. The van der Waals surface area contributed by atoms with Crippen molar-refractivity contribution in [3.8, 4) is 11.8 Å². The van der Waals surface area contributed by atoms with Crippen LogP contribution in [0.5, 0.6) is 0 Å². The van der Waals surface area contributed by atoms with Gasteiger partial charge in [0.15, 0.2) is 0 Å². The second kappa shape index (κ2) is 9.33. The lowest BCUT2D eigenvalue weighted by atomic mass is 9.90. The van der Waals surface area contributed by atoms with Crippen LogP contribution >= 0.6 is 11.2 Å². The Morgan fingerprint density at radius 2 is 1.44 bits per heavy atom. The highest BCUT2D eigenvalue weighted by Crippen LogP contribution is 2.52. The first-order chi connectivity index (χ1) is 11.9.